The minimum Gasteiger partial charge on any atom is -0.454 e. The third kappa shape index (κ3) is 1.30. The molecule has 0 saturated carbocycles. The van der Waals surface area contributed by atoms with Crippen molar-refractivity contribution in [2.24, 2.45) is 0 Å². The van der Waals surface area contributed by atoms with Crippen LogP contribution in [0.4, 0.5) is 0 Å². The van der Waals surface area contributed by atoms with Crippen LogP contribution in [-0.4, -0.2) is 12.6 Å². The van der Waals surface area contributed by atoms with Crippen LogP contribution < -0.4 is 9.47 Å². The molecule has 0 aromatic heterocycles. The first-order chi connectivity index (χ1) is 6.61. The molecule has 0 unspecified atom stereocenters. The van der Waals surface area contributed by atoms with E-state index in [1.807, 2.05) is 13.0 Å². The number of hydrogen-bond acceptors (Lipinski definition) is 3. The Hall–Kier alpha value is -1.03. The number of halogens is 1. The van der Waals surface area contributed by atoms with E-state index >= 15 is 0 Å². The van der Waals surface area contributed by atoms with Gasteiger partial charge in [0.05, 0.1) is 5.56 Å². The number of carbonyl (C=O) groups excluding carboxylic acids is 1. The summed E-state index contributed by atoms with van der Waals surface area (Å²) in [6.07, 6.45) is 0. The first kappa shape index (κ1) is 9.52. The summed E-state index contributed by atoms with van der Waals surface area (Å²) in [6.45, 7) is 3.59. The number of fused-ring (bicyclic) bond motifs is 1. The van der Waals surface area contributed by atoms with Gasteiger partial charge in [0.2, 0.25) is 6.79 Å². The van der Waals surface area contributed by atoms with E-state index in [0.717, 1.165) is 10.0 Å². The van der Waals surface area contributed by atoms with Gasteiger partial charge in [-0.15, -0.1) is 0 Å². The second kappa shape index (κ2) is 3.28. The summed E-state index contributed by atoms with van der Waals surface area (Å²) in [5.74, 6) is 1.19. The van der Waals surface area contributed by atoms with Gasteiger partial charge in [0.15, 0.2) is 17.3 Å². The Morgan fingerprint density at radius 1 is 1.50 bits per heavy atom. The Labute approximate surface area is 90.1 Å². The van der Waals surface area contributed by atoms with E-state index in [4.69, 9.17) is 9.47 Å². The molecule has 0 radical (unpaired) electrons. The highest BCUT2D eigenvalue weighted by Gasteiger charge is 2.23. The molecule has 0 N–H and O–H groups in total. The lowest BCUT2D eigenvalue weighted by Gasteiger charge is -2.07. The number of ether oxygens (including phenoxy) is 2. The molecule has 1 aromatic rings. The normalized spacial score (nSPS) is 13.1. The largest absolute Gasteiger partial charge is 0.454 e. The van der Waals surface area contributed by atoms with Crippen molar-refractivity contribution >= 4 is 21.7 Å². The summed E-state index contributed by atoms with van der Waals surface area (Å²) in [7, 11) is 0. The average Bonchev–Trinajstić information content (AvgIpc) is 2.52. The lowest BCUT2D eigenvalue weighted by Crippen LogP contribution is -2.00. The van der Waals surface area contributed by atoms with E-state index in [2.05, 4.69) is 15.9 Å². The fourth-order valence-electron chi connectivity index (χ4n) is 1.53. The van der Waals surface area contributed by atoms with Gasteiger partial charge < -0.3 is 9.47 Å². The van der Waals surface area contributed by atoms with Crippen molar-refractivity contribution in [3.05, 3.63) is 21.7 Å². The smallest absolute Gasteiger partial charge is 0.231 e. The van der Waals surface area contributed by atoms with Crippen molar-refractivity contribution in [1.82, 2.24) is 0 Å². The fraction of sp³-hybridized carbons (Fsp3) is 0.300. The minimum absolute atomic E-state index is 0.00875. The molecule has 1 aliphatic rings. The van der Waals surface area contributed by atoms with Crippen molar-refractivity contribution in [2.75, 3.05) is 6.79 Å². The average molecular weight is 257 g/mol. The maximum Gasteiger partial charge on any atom is 0.231 e. The zero-order chi connectivity index (χ0) is 10.3. The molecule has 0 aliphatic carbocycles. The Kier molecular flexibility index (Phi) is 2.23. The molecule has 1 heterocycles. The molecule has 0 bridgehead atoms. The number of ketones is 1. The monoisotopic (exact) mass is 256 g/mol. The highest BCUT2D eigenvalue weighted by molar-refractivity contribution is 9.10. The van der Waals surface area contributed by atoms with Crippen molar-refractivity contribution in [3.8, 4) is 11.5 Å². The molecule has 74 valence electrons. The van der Waals surface area contributed by atoms with Gasteiger partial charge in [0.25, 0.3) is 0 Å². The Morgan fingerprint density at radius 2 is 2.21 bits per heavy atom. The third-order valence-electron chi connectivity index (χ3n) is 2.21. The van der Waals surface area contributed by atoms with Gasteiger partial charge in [-0.1, -0.05) is 15.9 Å². The topological polar surface area (TPSA) is 35.5 Å². The SMILES string of the molecule is CC(=O)c1c(C)c(Br)cc2c1OCO2. The zero-order valence-electron chi connectivity index (χ0n) is 7.89. The predicted molar refractivity (Wildman–Crippen MR) is 55.0 cm³/mol. The fourth-order valence-corrected chi connectivity index (χ4v) is 1.93. The maximum absolute atomic E-state index is 11.4. The van der Waals surface area contributed by atoms with E-state index in [1.165, 1.54) is 6.92 Å². The lowest BCUT2D eigenvalue weighted by atomic mass is 10.0. The Bertz CT molecular complexity index is 412. The molecule has 4 heteroatoms. The molecule has 3 nitrogen and oxygen atoms in total. The predicted octanol–water partition coefficient (Wildman–Crippen LogP) is 2.69. The summed E-state index contributed by atoms with van der Waals surface area (Å²) in [4.78, 5) is 11.4. The van der Waals surface area contributed by atoms with Crippen LogP contribution in [0.2, 0.25) is 0 Å². The van der Waals surface area contributed by atoms with Crippen LogP contribution in [0.5, 0.6) is 11.5 Å². The van der Waals surface area contributed by atoms with Gasteiger partial charge in [-0.05, 0) is 25.5 Å². The van der Waals surface area contributed by atoms with Crippen molar-refractivity contribution < 1.29 is 14.3 Å². The maximum atomic E-state index is 11.4. The van der Waals surface area contributed by atoms with Crippen LogP contribution in [0.25, 0.3) is 0 Å². The molecule has 0 saturated heterocycles. The number of carbonyl (C=O) groups is 1. The first-order valence-electron chi connectivity index (χ1n) is 4.21. The van der Waals surface area contributed by atoms with Gasteiger partial charge in [-0.3, -0.25) is 4.79 Å². The molecule has 1 aromatic carbocycles. The summed E-state index contributed by atoms with van der Waals surface area (Å²) in [5, 5.41) is 0. The van der Waals surface area contributed by atoms with Crippen LogP contribution in [0.3, 0.4) is 0 Å². The van der Waals surface area contributed by atoms with E-state index in [9.17, 15) is 4.79 Å². The third-order valence-corrected chi connectivity index (χ3v) is 3.04. The van der Waals surface area contributed by atoms with Crippen molar-refractivity contribution in [2.45, 2.75) is 13.8 Å². The summed E-state index contributed by atoms with van der Waals surface area (Å²) < 4.78 is 11.4. The quantitative estimate of drug-likeness (QED) is 0.725. The molecule has 0 amide bonds. The summed E-state index contributed by atoms with van der Waals surface area (Å²) in [5.41, 5.74) is 1.49. The number of benzene rings is 1. The van der Waals surface area contributed by atoms with Crippen LogP contribution >= 0.6 is 15.9 Å². The Balaban J connectivity index is 2.72. The van der Waals surface area contributed by atoms with Crippen molar-refractivity contribution in [3.63, 3.8) is 0 Å². The second-order valence-electron chi connectivity index (χ2n) is 3.15. The van der Waals surface area contributed by atoms with E-state index in [0.29, 0.717) is 17.1 Å². The lowest BCUT2D eigenvalue weighted by molar-refractivity contribution is 0.101. The van der Waals surface area contributed by atoms with Gasteiger partial charge in [-0.2, -0.15) is 0 Å². The van der Waals surface area contributed by atoms with E-state index in [1.54, 1.807) is 0 Å². The van der Waals surface area contributed by atoms with Gasteiger partial charge in [-0.25, -0.2) is 0 Å². The Morgan fingerprint density at radius 3 is 2.86 bits per heavy atom. The summed E-state index contributed by atoms with van der Waals surface area (Å²) in [6, 6.07) is 1.82. The molecule has 1 aliphatic heterocycles. The van der Waals surface area contributed by atoms with Gasteiger partial charge in [0.1, 0.15) is 0 Å². The first-order valence-corrected chi connectivity index (χ1v) is 5.00. The van der Waals surface area contributed by atoms with Gasteiger partial charge >= 0.3 is 0 Å². The van der Waals surface area contributed by atoms with Crippen LogP contribution in [0, 0.1) is 6.92 Å². The molecule has 2 rings (SSSR count). The standard InChI is InChI=1S/C10H9BrO3/c1-5-7(11)3-8-10(14-4-13-8)9(5)6(2)12/h3H,4H2,1-2H3. The second-order valence-corrected chi connectivity index (χ2v) is 4.00. The highest BCUT2D eigenvalue weighted by atomic mass is 79.9. The van der Waals surface area contributed by atoms with Crippen LogP contribution in [-0.2, 0) is 0 Å². The molecule has 0 spiro atoms. The van der Waals surface area contributed by atoms with E-state index < -0.39 is 0 Å². The minimum atomic E-state index is -0.00875. The zero-order valence-corrected chi connectivity index (χ0v) is 9.47. The number of hydrogen-bond donors (Lipinski definition) is 0. The van der Waals surface area contributed by atoms with Crippen molar-refractivity contribution in [1.29, 1.82) is 0 Å². The van der Waals surface area contributed by atoms with Crippen LogP contribution in [0.15, 0.2) is 10.5 Å². The molecule has 0 atom stereocenters. The molecule has 14 heavy (non-hydrogen) atoms. The number of Topliss-reactive ketones (excluding diaryl/α,β-unsaturated/α-hetero) is 1. The summed E-state index contributed by atoms with van der Waals surface area (Å²) >= 11 is 3.38. The van der Waals surface area contributed by atoms with Gasteiger partial charge in [0, 0.05) is 4.47 Å². The highest BCUT2D eigenvalue weighted by Crippen LogP contribution is 2.41. The molecule has 0 fully saturated rings. The van der Waals surface area contributed by atoms with Crippen LogP contribution in [0.1, 0.15) is 22.8 Å². The molecular weight excluding hydrogens is 248 g/mol. The van der Waals surface area contributed by atoms with E-state index in [-0.39, 0.29) is 12.6 Å². The number of rotatable bonds is 1. The molecular formula is C10H9BrO3.